The molecular formula is C29H46O. The van der Waals surface area contributed by atoms with Crippen LogP contribution in [0.4, 0.5) is 0 Å². The first-order valence-corrected chi connectivity index (χ1v) is 12.6. The largest absolute Gasteiger partial charge is 0.393 e. The molecule has 0 aromatic heterocycles. The van der Waals surface area contributed by atoms with Crippen LogP contribution in [0.25, 0.3) is 0 Å². The fourth-order valence-corrected chi connectivity index (χ4v) is 6.31. The average molecular weight is 411 g/mol. The van der Waals surface area contributed by atoms with Gasteiger partial charge in [0, 0.05) is 0 Å². The number of fused-ring (bicyclic) bond motifs is 1. The molecule has 0 amide bonds. The minimum Gasteiger partial charge on any atom is -0.393 e. The van der Waals surface area contributed by atoms with Crippen LogP contribution in [0.5, 0.6) is 0 Å². The summed E-state index contributed by atoms with van der Waals surface area (Å²) >= 11 is 0. The van der Waals surface area contributed by atoms with E-state index in [2.05, 4.69) is 65.5 Å². The third kappa shape index (κ3) is 5.39. The van der Waals surface area contributed by atoms with Gasteiger partial charge in [-0.05, 0) is 98.4 Å². The Balaban J connectivity index is 1.69. The molecule has 0 saturated heterocycles. The standard InChI is InChI=1S/C29H46O/c1-20(2)21(3)9-10-23(5)28-16-14-26-18-24(8-7-17-29(26,28)6)12-13-25-19-27(30)15-11-22(25)4/h9-10,12-13,20-21,23,26-28,30H,4,7-8,11,14-19H2,1-3,5-6H3/b10-9+,24-12+,25-13-/t21-,23+,26?,27-,28+,29-/m0/s1. The van der Waals surface area contributed by atoms with Crippen LogP contribution < -0.4 is 0 Å². The number of hydrogen-bond acceptors (Lipinski definition) is 1. The van der Waals surface area contributed by atoms with Crippen molar-refractivity contribution in [2.75, 3.05) is 0 Å². The Morgan fingerprint density at radius 2 is 1.77 bits per heavy atom. The average Bonchev–Trinajstić information content (AvgIpc) is 2.92. The second-order valence-corrected chi connectivity index (χ2v) is 11.3. The van der Waals surface area contributed by atoms with Crippen LogP contribution in [0.15, 0.2) is 47.6 Å². The molecule has 0 aliphatic heterocycles. The van der Waals surface area contributed by atoms with Gasteiger partial charge in [-0.2, -0.15) is 0 Å². The second-order valence-electron chi connectivity index (χ2n) is 11.3. The lowest BCUT2D eigenvalue weighted by atomic mass is 9.66. The maximum atomic E-state index is 10.0. The maximum Gasteiger partial charge on any atom is 0.0583 e. The lowest BCUT2D eigenvalue weighted by Gasteiger charge is -2.38. The van der Waals surface area contributed by atoms with E-state index in [0.717, 1.165) is 37.0 Å². The van der Waals surface area contributed by atoms with Gasteiger partial charge in [-0.15, -0.1) is 0 Å². The Morgan fingerprint density at radius 3 is 2.50 bits per heavy atom. The number of aliphatic hydroxyl groups is 1. The van der Waals surface area contributed by atoms with Crippen molar-refractivity contribution in [1.82, 2.24) is 0 Å². The van der Waals surface area contributed by atoms with Gasteiger partial charge in [-0.3, -0.25) is 0 Å². The van der Waals surface area contributed by atoms with Gasteiger partial charge in [-0.25, -0.2) is 0 Å². The highest BCUT2D eigenvalue weighted by molar-refractivity contribution is 5.35. The molecule has 3 aliphatic carbocycles. The zero-order valence-corrected chi connectivity index (χ0v) is 20.3. The molecule has 0 spiro atoms. The smallest absolute Gasteiger partial charge is 0.0583 e. The highest BCUT2D eigenvalue weighted by Crippen LogP contribution is 2.57. The predicted molar refractivity (Wildman–Crippen MR) is 130 cm³/mol. The summed E-state index contributed by atoms with van der Waals surface area (Å²) in [5.41, 5.74) is 4.61. The third-order valence-corrected chi connectivity index (χ3v) is 8.94. The molecule has 0 aromatic rings. The number of rotatable bonds is 5. The van der Waals surface area contributed by atoms with Gasteiger partial charge in [0.2, 0.25) is 0 Å². The second kappa shape index (κ2) is 10.0. The normalized spacial score (nSPS) is 37.7. The molecule has 0 heterocycles. The minimum absolute atomic E-state index is 0.180. The van der Waals surface area contributed by atoms with Crippen LogP contribution >= 0.6 is 0 Å². The Morgan fingerprint density at radius 1 is 1.00 bits per heavy atom. The van der Waals surface area contributed by atoms with E-state index in [0.29, 0.717) is 17.3 Å². The van der Waals surface area contributed by atoms with Gasteiger partial charge in [0.25, 0.3) is 0 Å². The molecule has 0 radical (unpaired) electrons. The molecular weight excluding hydrogens is 364 g/mol. The number of aliphatic hydroxyl groups excluding tert-OH is 1. The van der Waals surface area contributed by atoms with Crippen molar-refractivity contribution < 1.29 is 5.11 Å². The van der Waals surface area contributed by atoms with E-state index in [9.17, 15) is 5.11 Å². The van der Waals surface area contributed by atoms with E-state index in [-0.39, 0.29) is 6.10 Å². The van der Waals surface area contributed by atoms with Crippen molar-refractivity contribution in [3.8, 4) is 0 Å². The molecule has 0 aromatic carbocycles. The molecule has 3 fully saturated rings. The minimum atomic E-state index is -0.180. The Kier molecular flexibility index (Phi) is 7.88. The van der Waals surface area contributed by atoms with Crippen molar-refractivity contribution >= 4 is 0 Å². The Hall–Kier alpha value is -1.08. The van der Waals surface area contributed by atoms with Gasteiger partial charge in [0.05, 0.1) is 6.10 Å². The molecule has 3 saturated carbocycles. The fraction of sp³-hybridized carbons (Fsp3) is 0.724. The highest BCUT2D eigenvalue weighted by atomic mass is 16.3. The van der Waals surface area contributed by atoms with Crippen molar-refractivity contribution in [1.29, 1.82) is 0 Å². The van der Waals surface area contributed by atoms with Crippen LogP contribution in [-0.4, -0.2) is 11.2 Å². The summed E-state index contributed by atoms with van der Waals surface area (Å²) in [7, 11) is 0. The lowest BCUT2D eigenvalue weighted by molar-refractivity contribution is 0.121. The predicted octanol–water partition coefficient (Wildman–Crippen LogP) is 8.03. The maximum absolute atomic E-state index is 10.0. The van der Waals surface area contributed by atoms with E-state index in [1.165, 1.54) is 49.7 Å². The number of allylic oxidation sites excluding steroid dienone is 6. The zero-order chi connectivity index (χ0) is 21.9. The van der Waals surface area contributed by atoms with Gasteiger partial charge >= 0.3 is 0 Å². The molecule has 168 valence electrons. The third-order valence-electron chi connectivity index (χ3n) is 8.94. The first-order valence-electron chi connectivity index (χ1n) is 12.6. The molecule has 3 aliphatic rings. The van der Waals surface area contributed by atoms with Gasteiger partial charge in [0.1, 0.15) is 0 Å². The summed E-state index contributed by atoms with van der Waals surface area (Å²) in [6.07, 6.45) is 20.1. The first-order chi connectivity index (χ1) is 14.2. The summed E-state index contributed by atoms with van der Waals surface area (Å²) < 4.78 is 0. The monoisotopic (exact) mass is 410 g/mol. The van der Waals surface area contributed by atoms with Gasteiger partial charge in [0.15, 0.2) is 0 Å². The molecule has 1 unspecified atom stereocenters. The van der Waals surface area contributed by atoms with Crippen LogP contribution in [0.3, 0.4) is 0 Å². The van der Waals surface area contributed by atoms with Crippen LogP contribution in [0, 0.1) is 35.0 Å². The summed E-state index contributed by atoms with van der Waals surface area (Å²) in [4.78, 5) is 0. The highest BCUT2D eigenvalue weighted by Gasteiger charge is 2.48. The van der Waals surface area contributed by atoms with Crippen molar-refractivity contribution in [3.63, 3.8) is 0 Å². The summed E-state index contributed by atoms with van der Waals surface area (Å²) in [5.74, 6) is 3.72. The van der Waals surface area contributed by atoms with Crippen molar-refractivity contribution in [3.05, 3.63) is 47.6 Å². The molecule has 3 rings (SSSR count). The van der Waals surface area contributed by atoms with Crippen LogP contribution in [0.1, 0.15) is 92.4 Å². The number of hydrogen-bond donors (Lipinski definition) is 1. The zero-order valence-electron chi connectivity index (χ0n) is 20.3. The SMILES string of the molecule is C=C1CC[C@H](O)C/C1=C/C=C1\CCC[C@@]2(C)C(CC[C@@H]2[C@H](C)/C=C/[C@H](C)C(C)C)C1. The molecule has 1 heteroatoms. The molecule has 1 N–H and O–H groups in total. The van der Waals surface area contributed by atoms with Crippen LogP contribution in [0.2, 0.25) is 0 Å². The summed E-state index contributed by atoms with van der Waals surface area (Å²) in [6, 6.07) is 0. The van der Waals surface area contributed by atoms with Crippen LogP contribution in [-0.2, 0) is 0 Å². The Labute approximate surface area is 186 Å². The first kappa shape index (κ1) is 23.6. The quantitative estimate of drug-likeness (QED) is 0.455. The van der Waals surface area contributed by atoms with Gasteiger partial charge < -0.3 is 5.11 Å². The van der Waals surface area contributed by atoms with Crippen molar-refractivity contribution in [2.45, 2.75) is 98.5 Å². The van der Waals surface area contributed by atoms with E-state index in [1.807, 2.05) is 0 Å². The van der Waals surface area contributed by atoms with E-state index >= 15 is 0 Å². The van der Waals surface area contributed by atoms with E-state index in [4.69, 9.17) is 0 Å². The molecule has 30 heavy (non-hydrogen) atoms. The lowest BCUT2D eigenvalue weighted by Crippen LogP contribution is -2.31. The van der Waals surface area contributed by atoms with E-state index in [1.54, 1.807) is 5.57 Å². The summed E-state index contributed by atoms with van der Waals surface area (Å²) in [5, 5.41) is 10.0. The molecule has 6 atom stereocenters. The Bertz CT molecular complexity index is 693. The molecule has 0 bridgehead atoms. The fourth-order valence-electron chi connectivity index (χ4n) is 6.31. The topological polar surface area (TPSA) is 20.2 Å². The molecule has 1 nitrogen and oxygen atoms in total. The van der Waals surface area contributed by atoms with Gasteiger partial charge in [-0.1, -0.05) is 76.6 Å². The van der Waals surface area contributed by atoms with Crippen molar-refractivity contribution in [2.24, 2.45) is 35.0 Å². The van der Waals surface area contributed by atoms with E-state index < -0.39 is 0 Å². The summed E-state index contributed by atoms with van der Waals surface area (Å²) in [6.45, 7) is 16.3.